The number of aliphatic hydroxyl groups is 1. The lowest BCUT2D eigenvalue weighted by molar-refractivity contribution is -0.147. The molecular formula is C67H106N10O15. The molecule has 2 fully saturated rings. The minimum absolute atomic E-state index is 0.0672. The minimum Gasteiger partial charge on any atom is -0.481 e. The predicted octanol–water partition coefficient (Wildman–Crippen LogP) is 5.13. The van der Waals surface area contributed by atoms with Crippen LogP contribution < -0.4 is 32.3 Å². The molecule has 0 radical (unpaired) electrons. The number of carbonyl (C=O) groups is 10. The molecule has 4 rings (SSSR count). The number of rotatable bonds is 37. The van der Waals surface area contributed by atoms with E-state index in [-0.39, 0.29) is 81.5 Å². The van der Waals surface area contributed by atoms with Gasteiger partial charge in [-0.15, -0.1) is 0 Å². The van der Waals surface area contributed by atoms with Crippen molar-refractivity contribution in [2.45, 2.75) is 201 Å². The number of benzene rings is 2. The fourth-order valence-corrected chi connectivity index (χ4v) is 12.1. The molecule has 2 aliphatic rings. The van der Waals surface area contributed by atoms with Gasteiger partial charge >= 0.3 is 12.1 Å². The topological polar surface area (TPSA) is 338 Å². The Morgan fingerprint density at radius 1 is 0.750 bits per heavy atom. The molecule has 9 amide bonds. The van der Waals surface area contributed by atoms with E-state index in [0.29, 0.717) is 74.8 Å². The third kappa shape index (κ3) is 22.8. The first-order chi connectivity index (χ1) is 43.7. The lowest BCUT2D eigenvalue weighted by Gasteiger charge is -2.41. The van der Waals surface area contributed by atoms with E-state index in [1.54, 1.807) is 92.6 Å². The van der Waals surface area contributed by atoms with Crippen molar-refractivity contribution >= 4 is 65.0 Å². The monoisotopic (exact) mass is 1290 g/mol. The van der Waals surface area contributed by atoms with Gasteiger partial charge in [-0.3, -0.25) is 48.1 Å². The number of nitrogens with one attached hydrogen (secondary N) is 5. The summed E-state index contributed by atoms with van der Waals surface area (Å²) in [5.41, 5.74) is 7.38. The Kier molecular flexibility index (Phi) is 32.5. The molecule has 2 aromatic carbocycles. The van der Waals surface area contributed by atoms with Crippen LogP contribution in [-0.4, -0.2) is 198 Å². The third-order valence-corrected chi connectivity index (χ3v) is 17.8. The Bertz CT molecular complexity index is 2710. The lowest BCUT2D eigenvalue weighted by atomic mass is 9.89. The number of anilines is 1. The number of piperidine rings is 1. The van der Waals surface area contributed by atoms with Gasteiger partial charge in [-0.1, -0.05) is 111 Å². The molecule has 2 heterocycles. The fourth-order valence-electron chi connectivity index (χ4n) is 12.1. The predicted molar refractivity (Wildman–Crippen MR) is 347 cm³/mol. The van der Waals surface area contributed by atoms with Gasteiger partial charge in [0, 0.05) is 66.0 Å². The fraction of sp³-hybridized carbons (Fsp3) is 0.672. The van der Waals surface area contributed by atoms with Gasteiger partial charge in [0.25, 0.3) is 0 Å². The van der Waals surface area contributed by atoms with Gasteiger partial charge in [0.2, 0.25) is 47.3 Å². The zero-order valence-corrected chi connectivity index (χ0v) is 56.3. The summed E-state index contributed by atoms with van der Waals surface area (Å²) in [6.45, 7) is 17.5. The van der Waals surface area contributed by atoms with Crippen LogP contribution in [0.25, 0.3) is 0 Å². The first-order valence-electron chi connectivity index (χ1n) is 32.8. The molecule has 0 bridgehead atoms. The molecule has 11 atom stereocenters. The molecule has 0 aromatic heterocycles. The van der Waals surface area contributed by atoms with Crippen LogP contribution in [0.2, 0.25) is 0 Å². The molecule has 92 heavy (non-hydrogen) atoms. The average molecular weight is 1290 g/mol. The van der Waals surface area contributed by atoms with Gasteiger partial charge < -0.3 is 71.4 Å². The van der Waals surface area contributed by atoms with Crippen molar-refractivity contribution in [2.24, 2.45) is 35.3 Å². The summed E-state index contributed by atoms with van der Waals surface area (Å²) in [6, 6.07) is 10.8. The van der Waals surface area contributed by atoms with E-state index in [1.807, 2.05) is 39.0 Å². The maximum Gasteiger partial charge on any atom is 0.410 e. The molecule has 11 unspecified atom stereocenters. The number of carboxylic acids is 1. The number of carbonyl (C=O) groups excluding carboxylic acids is 9. The molecule has 2 saturated heterocycles. The first-order valence-corrected chi connectivity index (χ1v) is 32.8. The molecule has 0 saturated carbocycles. The van der Waals surface area contributed by atoms with Gasteiger partial charge in [-0.05, 0) is 99.4 Å². The van der Waals surface area contributed by atoms with E-state index < -0.39 is 120 Å². The van der Waals surface area contributed by atoms with Crippen molar-refractivity contribution in [2.75, 3.05) is 65.9 Å². The number of nitrogens with two attached hydrogens (primary N) is 1. The average Bonchev–Trinajstić information content (AvgIpc) is 1.59. The number of unbranched alkanes of at least 4 members (excludes halogenated alkanes) is 1. The largest absolute Gasteiger partial charge is 0.481 e. The van der Waals surface area contributed by atoms with Gasteiger partial charge in [-0.2, -0.15) is 0 Å². The number of nitrogens with zero attached hydrogens (tertiary/aromatic N) is 4. The summed E-state index contributed by atoms with van der Waals surface area (Å²) in [5, 5.41) is 34.2. The summed E-state index contributed by atoms with van der Waals surface area (Å²) in [6.07, 6.45) is 1.07. The number of methoxy groups -OCH3 is 2. The Hall–Kier alpha value is -7.22. The number of amides is 9. The number of hydrogen-bond donors (Lipinski definition) is 8. The quantitative estimate of drug-likeness (QED) is 0.0435. The van der Waals surface area contributed by atoms with Crippen LogP contribution in [0.5, 0.6) is 0 Å². The maximum atomic E-state index is 14.5. The normalized spacial score (nSPS) is 17.6. The molecule has 9 N–H and O–H groups in total. The van der Waals surface area contributed by atoms with Gasteiger partial charge in [0.15, 0.2) is 0 Å². The number of aliphatic hydroxyl groups excluding tert-OH is 1. The van der Waals surface area contributed by atoms with Crippen molar-refractivity contribution in [3.05, 3.63) is 65.7 Å². The zero-order chi connectivity index (χ0) is 68.4. The second-order valence-electron chi connectivity index (χ2n) is 25.3. The molecule has 0 spiro atoms. The highest BCUT2D eigenvalue weighted by atomic mass is 16.6. The van der Waals surface area contributed by atoms with Gasteiger partial charge in [0.1, 0.15) is 24.7 Å². The van der Waals surface area contributed by atoms with Crippen LogP contribution in [0.1, 0.15) is 157 Å². The zero-order valence-electron chi connectivity index (χ0n) is 56.3. The number of likely N-dealkylation sites (N-methyl/N-ethyl adjacent to an activating group) is 1. The minimum atomic E-state index is -1.05. The van der Waals surface area contributed by atoms with Crippen LogP contribution in [0.4, 0.5) is 10.5 Å². The molecule has 25 nitrogen and oxygen atoms in total. The molecular weight excluding hydrogens is 1180 g/mol. The highest BCUT2D eigenvalue weighted by Crippen LogP contribution is 2.31. The second-order valence-corrected chi connectivity index (χ2v) is 25.3. The van der Waals surface area contributed by atoms with Crippen molar-refractivity contribution in [1.82, 2.24) is 40.9 Å². The van der Waals surface area contributed by atoms with Crippen molar-refractivity contribution in [3.63, 3.8) is 0 Å². The summed E-state index contributed by atoms with van der Waals surface area (Å²) >= 11 is 0. The maximum absolute atomic E-state index is 14.5. The Labute approximate surface area is 543 Å². The van der Waals surface area contributed by atoms with E-state index >= 15 is 0 Å². The first kappa shape index (κ1) is 77.2. The third-order valence-electron chi connectivity index (χ3n) is 17.8. The Balaban J connectivity index is 1.35. The van der Waals surface area contributed by atoms with E-state index in [1.165, 1.54) is 26.2 Å². The van der Waals surface area contributed by atoms with Gasteiger partial charge in [-0.25, -0.2) is 4.79 Å². The summed E-state index contributed by atoms with van der Waals surface area (Å²) in [7, 11) is 4.48. The number of likely N-dealkylation sites (tertiary alicyclic amines) is 2. The van der Waals surface area contributed by atoms with Crippen LogP contribution in [0.15, 0.2) is 54.6 Å². The van der Waals surface area contributed by atoms with Crippen LogP contribution in [-0.2, 0) is 64.0 Å². The Morgan fingerprint density at radius 2 is 1.41 bits per heavy atom. The smallest absolute Gasteiger partial charge is 0.410 e. The summed E-state index contributed by atoms with van der Waals surface area (Å²) < 4.78 is 17.8. The lowest BCUT2D eigenvalue weighted by Crippen LogP contribution is -2.57. The Morgan fingerprint density at radius 3 is 1.99 bits per heavy atom. The van der Waals surface area contributed by atoms with E-state index in [4.69, 9.17) is 19.9 Å². The van der Waals surface area contributed by atoms with Crippen LogP contribution in [0.3, 0.4) is 0 Å². The van der Waals surface area contributed by atoms with E-state index in [9.17, 15) is 58.2 Å². The van der Waals surface area contributed by atoms with Crippen molar-refractivity contribution in [3.8, 4) is 0 Å². The number of hydrogen-bond acceptors (Lipinski definition) is 15. The summed E-state index contributed by atoms with van der Waals surface area (Å²) in [4.78, 5) is 141. The van der Waals surface area contributed by atoms with Crippen molar-refractivity contribution < 1.29 is 72.4 Å². The number of carboxylic acid groups (broad SMARTS) is 1. The van der Waals surface area contributed by atoms with E-state index in [2.05, 4.69) is 26.6 Å². The highest BCUT2D eigenvalue weighted by molar-refractivity contribution is 5.98. The van der Waals surface area contributed by atoms with E-state index in [0.717, 1.165) is 6.42 Å². The van der Waals surface area contributed by atoms with Crippen LogP contribution >= 0.6 is 0 Å². The number of ether oxygens (including phenoxy) is 3. The SMILES string of the molecule is CCCCN(C(=O)CNC(=O)C(C(C)C)N(C)C(=O)OCc1ccc(NC(=O)C(CCCN)NC(=O)C(NC(=O)CCC(=O)N2CCC(C(=O)O)CC2)C(C)C)cc1)C(C(C)CC)C(CC(=O)N1CCCC1C(OC)C(C)C(=O)NC(C)C(O)c1ccccc1)OC. The molecule has 514 valence electrons. The second kappa shape index (κ2) is 38.7. The van der Waals surface area contributed by atoms with Gasteiger partial charge in [0.05, 0.1) is 61.2 Å². The van der Waals surface area contributed by atoms with Crippen molar-refractivity contribution in [1.29, 1.82) is 0 Å². The summed E-state index contributed by atoms with van der Waals surface area (Å²) in [5.74, 6) is -6.48. The molecule has 2 aliphatic heterocycles. The molecule has 2 aromatic rings. The standard InChI is InChI=1S/C67H106N10O15/c1-13-15-34-77(59(43(7)14-2)52(90-11)38-55(80)76-35-20-24-51(76)61(91-12)44(8)62(83)70-45(9)60(82)47-21-17-16-18-22-47)56(81)39-69-65(86)58(42(5)6)74(10)67(89)92-40-46-25-27-49(28-26-46)71-63(84)50(23-19-33-68)72-64(85)57(41(3)4)73-53(78)29-30-54(79)75-36-31-48(32-37-75)66(87)88/h16-18,21-22,25-28,41-45,48,50-52,57-61,82H,13-15,19-20,23-24,29-40,68H2,1-12H3,(H,69,86)(H,70,83)(H,71,84)(H,72,85)(H,73,78)(H,87,88). The molecule has 25 heteroatoms. The molecule has 0 aliphatic carbocycles. The highest BCUT2D eigenvalue weighted by Gasteiger charge is 2.43. The number of aliphatic carboxylic acids is 1. The van der Waals surface area contributed by atoms with Crippen LogP contribution in [0, 0.1) is 29.6 Å².